The normalized spacial score (nSPS) is 22.6. The second kappa shape index (κ2) is 5.61. The molecule has 2 atom stereocenters. The van der Waals surface area contributed by atoms with Crippen molar-refractivity contribution < 1.29 is 8.78 Å². The number of nitrogens with zero attached hydrogens (tertiary/aromatic N) is 2. The Morgan fingerprint density at radius 2 is 1.85 bits per heavy atom. The smallest absolute Gasteiger partial charge is 0.150 e. The maximum atomic E-state index is 14.2. The van der Waals surface area contributed by atoms with Gasteiger partial charge in [-0.3, -0.25) is 0 Å². The minimum atomic E-state index is -0.612. The third-order valence-corrected chi connectivity index (χ3v) is 4.09. The third kappa shape index (κ3) is 2.76. The molecular weight excluding hydrogens is 280 g/mol. The first-order valence-corrected chi connectivity index (χ1v) is 6.92. The molecule has 0 bridgehead atoms. The first-order valence-electron chi connectivity index (χ1n) is 6.51. The van der Waals surface area contributed by atoms with E-state index in [2.05, 4.69) is 11.8 Å². The average molecular weight is 299 g/mol. The molecular formula is C14H19F2N3S. The molecule has 2 unspecified atom stereocenters. The molecule has 1 aliphatic rings. The minimum Gasteiger partial charge on any atom is -0.389 e. The summed E-state index contributed by atoms with van der Waals surface area (Å²) in [7, 11) is 3.96. The molecule has 0 amide bonds. The fourth-order valence-electron chi connectivity index (χ4n) is 2.81. The van der Waals surface area contributed by atoms with Gasteiger partial charge >= 0.3 is 0 Å². The van der Waals surface area contributed by atoms with Crippen LogP contribution >= 0.6 is 12.2 Å². The predicted octanol–water partition coefficient (Wildman–Crippen LogP) is 1.99. The van der Waals surface area contributed by atoms with E-state index < -0.39 is 11.6 Å². The molecule has 3 nitrogen and oxygen atoms in total. The SMILES string of the molecule is CC1CN(c2c(F)cc(C(N)=S)cc2F)CC1N(C)C. The molecule has 1 aliphatic heterocycles. The summed E-state index contributed by atoms with van der Waals surface area (Å²) in [4.78, 5) is 3.84. The lowest BCUT2D eigenvalue weighted by Crippen LogP contribution is -2.34. The van der Waals surface area contributed by atoms with Crippen LogP contribution in [0.25, 0.3) is 0 Å². The standard InChI is InChI=1S/C14H19F2N3S/c1-8-6-19(7-12(8)18(2)3)13-10(15)4-9(14(17)20)5-11(13)16/h4-5,8,12H,6-7H2,1-3H3,(H2,17,20). The van der Waals surface area contributed by atoms with Crippen LogP contribution in [0.3, 0.4) is 0 Å². The lowest BCUT2D eigenvalue weighted by molar-refractivity contribution is 0.266. The quantitative estimate of drug-likeness (QED) is 0.865. The molecule has 1 aromatic rings. The summed E-state index contributed by atoms with van der Waals surface area (Å²) in [6.07, 6.45) is 0. The largest absolute Gasteiger partial charge is 0.389 e. The molecule has 0 spiro atoms. The summed E-state index contributed by atoms with van der Waals surface area (Å²) >= 11 is 4.76. The van der Waals surface area contributed by atoms with E-state index >= 15 is 0 Å². The van der Waals surface area contributed by atoms with Gasteiger partial charge in [0.2, 0.25) is 0 Å². The van der Waals surface area contributed by atoms with E-state index in [1.807, 2.05) is 14.1 Å². The number of anilines is 1. The van der Waals surface area contributed by atoms with Crippen LogP contribution in [0.2, 0.25) is 0 Å². The summed E-state index contributed by atoms with van der Waals surface area (Å²) in [5.41, 5.74) is 5.65. The molecule has 0 saturated carbocycles. The van der Waals surface area contributed by atoms with Gasteiger partial charge in [0, 0.05) is 24.7 Å². The van der Waals surface area contributed by atoms with Crippen LogP contribution < -0.4 is 10.6 Å². The van der Waals surface area contributed by atoms with Crippen molar-refractivity contribution in [3.05, 3.63) is 29.3 Å². The summed E-state index contributed by atoms with van der Waals surface area (Å²) in [5.74, 6) is -0.877. The van der Waals surface area contributed by atoms with Crippen LogP contribution in [0.5, 0.6) is 0 Å². The first-order chi connectivity index (χ1) is 9.31. The maximum absolute atomic E-state index is 14.2. The Morgan fingerprint density at radius 1 is 1.30 bits per heavy atom. The van der Waals surface area contributed by atoms with Gasteiger partial charge < -0.3 is 15.5 Å². The number of thiocarbonyl (C=S) groups is 1. The van der Waals surface area contributed by atoms with Crippen LogP contribution in [-0.4, -0.2) is 43.1 Å². The molecule has 6 heteroatoms. The van der Waals surface area contributed by atoms with Gasteiger partial charge in [-0.2, -0.15) is 0 Å². The predicted molar refractivity (Wildman–Crippen MR) is 81.1 cm³/mol. The first kappa shape index (κ1) is 15.1. The van der Waals surface area contributed by atoms with Crippen molar-refractivity contribution in [2.24, 2.45) is 11.7 Å². The lowest BCUT2D eigenvalue weighted by atomic mass is 10.1. The number of hydrogen-bond acceptors (Lipinski definition) is 3. The highest BCUT2D eigenvalue weighted by molar-refractivity contribution is 7.80. The highest BCUT2D eigenvalue weighted by Gasteiger charge is 2.33. The Morgan fingerprint density at radius 3 is 2.25 bits per heavy atom. The average Bonchev–Trinajstić information content (AvgIpc) is 2.70. The van der Waals surface area contributed by atoms with Crippen molar-refractivity contribution in [2.45, 2.75) is 13.0 Å². The van der Waals surface area contributed by atoms with E-state index in [0.717, 1.165) is 0 Å². The van der Waals surface area contributed by atoms with E-state index in [1.165, 1.54) is 12.1 Å². The Kier molecular flexibility index (Phi) is 4.25. The molecule has 0 aromatic heterocycles. The molecule has 1 saturated heterocycles. The highest BCUT2D eigenvalue weighted by Crippen LogP contribution is 2.31. The van der Waals surface area contributed by atoms with Crippen LogP contribution in [0.15, 0.2) is 12.1 Å². The van der Waals surface area contributed by atoms with Gasteiger partial charge in [0.05, 0.1) is 0 Å². The van der Waals surface area contributed by atoms with Gasteiger partial charge in [-0.15, -0.1) is 0 Å². The molecule has 0 aliphatic carbocycles. The Hall–Kier alpha value is -1.27. The van der Waals surface area contributed by atoms with E-state index in [9.17, 15) is 8.78 Å². The zero-order valence-corrected chi connectivity index (χ0v) is 12.7. The second-order valence-corrected chi connectivity index (χ2v) is 6.01. The van der Waals surface area contributed by atoms with Gasteiger partial charge in [-0.1, -0.05) is 19.1 Å². The van der Waals surface area contributed by atoms with E-state index in [0.29, 0.717) is 19.0 Å². The molecule has 20 heavy (non-hydrogen) atoms. The topological polar surface area (TPSA) is 32.5 Å². The molecule has 1 fully saturated rings. The second-order valence-electron chi connectivity index (χ2n) is 5.57. The van der Waals surface area contributed by atoms with Crippen molar-refractivity contribution in [1.82, 2.24) is 4.90 Å². The number of rotatable bonds is 3. The van der Waals surface area contributed by atoms with Crippen LogP contribution in [0, 0.1) is 17.6 Å². The van der Waals surface area contributed by atoms with Gasteiger partial charge in [0.25, 0.3) is 0 Å². The monoisotopic (exact) mass is 299 g/mol. The highest BCUT2D eigenvalue weighted by atomic mass is 32.1. The number of nitrogens with two attached hydrogens (primary N) is 1. The van der Waals surface area contributed by atoms with Crippen molar-refractivity contribution >= 4 is 22.9 Å². The number of halogens is 2. The summed E-state index contributed by atoms with van der Waals surface area (Å²) in [6, 6.07) is 2.69. The Labute approximate surface area is 123 Å². The Balaban J connectivity index is 2.33. The molecule has 2 N–H and O–H groups in total. The van der Waals surface area contributed by atoms with Crippen LogP contribution in [0.4, 0.5) is 14.5 Å². The van der Waals surface area contributed by atoms with Gasteiger partial charge in [0.1, 0.15) is 22.3 Å². The lowest BCUT2D eigenvalue weighted by Gasteiger charge is -2.23. The minimum absolute atomic E-state index is 0.00434. The molecule has 0 radical (unpaired) electrons. The third-order valence-electron chi connectivity index (χ3n) is 3.85. The molecule has 110 valence electrons. The molecule has 2 rings (SSSR count). The Bertz CT molecular complexity index is 510. The van der Waals surface area contributed by atoms with Crippen LogP contribution in [0.1, 0.15) is 12.5 Å². The zero-order chi connectivity index (χ0) is 15.0. The fourth-order valence-corrected chi connectivity index (χ4v) is 2.93. The fraction of sp³-hybridized carbons (Fsp3) is 0.500. The zero-order valence-electron chi connectivity index (χ0n) is 11.9. The molecule has 1 heterocycles. The van der Waals surface area contributed by atoms with Gasteiger partial charge in [-0.05, 0) is 32.1 Å². The molecule has 1 aromatic carbocycles. The number of likely N-dealkylation sites (N-methyl/N-ethyl adjacent to an activating group) is 1. The van der Waals surface area contributed by atoms with Crippen molar-refractivity contribution in [3.63, 3.8) is 0 Å². The number of hydrogen-bond donors (Lipinski definition) is 1. The van der Waals surface area contributed by atoms with E-state index in [1.54, 1.807) is 4.90 Å². The van der Waals surface area contributed by atoms with Crippen molar-refractivity contribution in [3.8, 4) is 0 Å². The van der Waals surface area contributed by atoms with Crippen molar-refractivity contribution in [2.75, 3.05) is 32.1 Å². The van der Waals surface area contributed by atoms with Gasteiger partial charge in [0.15, 0.2) is 0 Å². The van der Waals surface area contributed by atoms with Crippen molar-refractivity contribution in [1.29, 1.82) is 0 Å². The van der Waals surface area contributed by atoms with Crippen LogP contribution in [-0.2, 0) is 0 Å². The van der Waals surface area contributed by atoms with Gasteiger partial charge in [-0.25, -0.2) is 8.78 Å². The number of benzene rings is 1. The summed E-state index contributed by atoms with van der Waals surface area (Å²) < 4.78 is 28.3. The summed E-state index contributed by atoms with van der Waals surface area (Å²) in [5, 5.41) is 0. The van der Waals surface area contributed by atoms with E-state index in [4.69, 9.17) is 18.0 Å². The maximum Gasteiger partial charge on any atom is 0.150 e. The summed E-state index contributed by atoms with van der Waals surface area (Å²) in [6.45, 7) is 3.32. The van der Waals surface area contributed by atoms with E-state index in [-0.39, 0.29) is 22.3 Å².